The summed E-state index contributed by atoms with van der Waals surface area (Å²) in [6.07, 6.45) is 0.940. The molecule has 0 fully saturated rings. The summed E-state index contributed by atoms with van der Waals surface area (Å²) >= 11 is 0. The minimum absolute atomic E-state index is 0.157. The monoisotopic (exact) mass is 256 g/mol. The number of rotatable bonds is 2. The van der Waals surface area contributed by atoms with E-state index in [1.165, 1.54) is 11.1 Å². The predicted octanol–water partition coefficient (Wildman–Crippen LogP) is 1.70. The normalized spacial score (nSPS) is 17.6. The third-order valence-electron chi connectivity index (χ3n) is 3.47. The Balaban J connectivity index is 2.02. The highest BCUT2D eigenvalue weighted by atomic mass is 16.1. The lowest BCUT2D eigenvalue weighted by Gasteiger charge is -2.26. The molecule has 5 nitrogen and oxygen atoms in total. The molecule has 1 aliphatic heterocycles. The summed E-state index contributed by atoms with van der Waals surface area (Å²) in [4.78, 5) is 11.2. The molecule has 3 rings (SSSR count). The molecule has 0 aliphatic carbocycles. The molecule has 5 heteroatoms. The first-order valence-electron chi connectivity index (χ1n) is 6.35. The summed E-state index contributed by atoms with van der Waals surface area (Å²) in [5, 5.41) is 7.55. The molecule has 3 N–H and O–H groups in total. The number of nitrogens with two attached hydrogens (primary N) is 1. The number of fused-ring (bicyclic) bond motifs is 1. The van der Waals surface area contributed by atoms with Crippen LogP contribution in [0.2, 0.25) is 0 Å². The zero-order valence-corrected chi connectivity index (χ0v) is 10.8. The van der Waals surface area contributed by atoms with E-state index in [0.717, 1.165) is 18.8 Å². The maximum atomic E-state index is 11.2. The summed E-state index contributed by atoms with van der Waals surface area (Å²) in [5.41, 5.74) is 8.03. The number of aromatic nitrogens is 2. The van der Waals surface area contributed by atoms with E-state index < -0.39 is 5.91 Å². The number of aryl methyl sites for hydroxylation is 1. The molecule has 1 unspecified atom stereocenters. The average molecular weight is 256 g/mol. The number of carbonyl (C=O) groups excluding carboxylic acids is 1. The van der Waals surface area contributed by atoms with Crippen LogP contribution in [0.15, 0.2) is 30.3 Å². The van der Waals surface area contributed by atoms with Gasteiger partial charge in [-0.3, -0.25) is 4.79 Å². The van der Waals surface area contributed by atoms with E-state index in [1.807, 2.05) is 4.68 Å². The van der Waals surface area contributed by atoms with E-state index >= 15 is 0 Å². The molecule has 0 spiro atoms. The number of anilines is 1. The Morgan fingerprint density at radius 3 is 2.84 bits per heavy atom. The molecule has 0 bridgehead atoms. The lowest BCUT2D eigenvalue weighted by molar-refractivity contribution is 0.0994. The molecular weight excluding hydrogens is 240 g/mol. The third kappa shape index (κ3) is 2.07. The zero-order valence-electron chi connectivity index (χ0n) is 10.8. The first-order valence-corrected chi connectivity index (χ1v) is 6.35. The van der Waals surface area contributed by atoms with Crippen LogP contribution >= 0.6 is 0 Å². The number of carbonyl (C=O) groups is 1. The van der Waals surface area contributed by atoms with Crippen molar-refractivity contribution in [3.63, 3.8) is 0 Å². The Bertz CT molecular complexity index is 615. The van der Waals surface area contributed by atoms with Gasteiger partial charge in [0.15, 0.2) is 5.69 Å². The van der Waals surface area contributed by atoms with Crippen LogP contribution in [0.1, 0.15) is 34.1 Å². The van der Waals surface area contributed by atoms with Crippen molar-refractivity contribution in [2.75, 3.05) is 11.9 Å². The van der Waals surface area contributed by atoms with E-state index in [9.17, 15) is 4.79 Å². The van der Waals surface area contributed by atoms with Crippen molar-refractivity contribution in [1.82, 2.24) is 9.78 Å². The van der Waals surface area contributed by atoms with Gasteiger partial charge in [-0.05, 0) is 18.9 Å². The summed E-state index contributed by atoms with van der Waals surface area (Å²) in [7, 11) is 0. The van der Waals surface area contributed by atoms with Crippen molar-refractivity contribution in [2.24, 2.45) is 5.73 Å². The Hall–Kier alpha value is -2.30. The van der Waals surface area contributed by atoms with Crippen molar-refractivity contribution < 1.29 is 4.79 Å². The maximum absolute atomic E-state index is 11.2. The second kappa shape index (κ2) is 4.42. The average Bonchev–Trinajstić information content (AvgIpc) is 2.83. The fraction of sp³-hybridized carbons (Fsp3) is 0.286. The van der Waals surface area contributed by atoms with Crippen molar-refractivity contribution in [3.8, 4) is 0 Å². The predicted molar refractivity (Wildman–Crippen MR) is 73.2 cm³/mol. The molecule has 19 heavy (non-hydrogen) atoms. The Morgan fingerprint density at radius 2 is 2.16 bits per heavy atom. The van der Waals surface area contributed by atoms with Gasteiger partial charge >= 0.3 is 0 Å². The molecule has 2 heterocycles. The van der Waals surface area contributed by atoms with Gasteiger partial charge in [-0.25, -0.2) is 4.68 Å². The number of amides is 1. The number of nitrogens with zero attached hydrogens (tertiary/aromatic N) is 2. The largest absolute Gasteiger partial charge is 0.370 e. The minimum atomic E-state index is -0.494. The molecule has 0 saturated heterocycles. The molecular formula is C14H16N4O. The number of nitrogens with one attached hydrogen (secondary N) is 1. The van der Waals surface area contributed by atoms with Gasteiger partial charge in [0.05, 0.1) is 6.04 Å². The van der Waals surface area contributed by atoms with Crippen LogP contribution in [0.3, 0.4) is 0 Å². The van der Waals surface area contributed by atoms with Crippen LogP contribution in [0.25, 0.3) is 0 Å². The first-order chi connectivity index (χ1) is 9.15. The number of hydrogen-bond acceptors (Lipinski definition) is 3. The number of hydrogen-bond donors (Lipinski definition) is 2. The fourth-order valence-corrected chi connectivity index (χ4v) is 2.44. The van der Waals surface area contributed by atoms with Gasteiger partial charge in [-0.2, -0.15) is 5.10 Å². The number of benzene rings is 1. The van der Waals surface area contributed by atoms with Crippen LogP contribution in [-0.2, 0) is 0 Å². The molecule has 0 radical (unpaired) electrons. The summed E-state index contributed by atoms with van der Waals surface area (Å²) in [6.45, 7) is 2.93. The van der Waals surface area contributed by atoms with Crippen LogP contribution in [0.4, 0.5) is 5.82 Å². The van der Waals surface area contributed by atoms with Gasteiger partial charge in [0.1, 0.15) is 5.82 Å². The Morgan fingerprint density at radius 1 is 1.42 bits per heavy atom. The fourth-order valence-electron chi connectivity index (χ4n) is 2.44. The van der Waals surface area contributed by atoms with Crippen LogP contribution in [-0.4, -0.2) is 22.2 Å². The highest BCUT2D eigenvalue weighted by Crippen LogP contribution is 2.29. The van der Waals surface area contributed by atoms with Crippen LogP contribution in [0, 0.1) is 6.92 Å². The third-order valence-corrected chi connectivity index (χ3v) is 3.47. The van der Waals surface area contributed by atoms with Crippen molar-refractivity contribution in [1.29, 1.82) is 0 Å². The minimum Gasteiger partial charge on any atom is -0.370 e. The van der Waals surface area contributed by atoms with Crippen LogP contribution < -0.4 is 11.1 Å². The standard InChI is InChI=1S/C14H16N4O/c1-9-2-4-10(5-3-9)12-6-7-16-13-8-11(14(15)19)17-18(12)13/h2-5,8,12,16H,6-7H2,1H3,(H2,15,19). The quantitative estimate of drug-likeness (QED) is 0.858. The molecule has 1 aliphatic rings. The molecule has 0 saturated carbocycles. The first kappa shape index (κ1) is 11.8. The molecule has 1 atom stereocenters. The van der Waals surface area contributed by atoms with Gasteiger partial charge in [0, 0.05) is 12.6 Å². The van der Waals surface area contributed by atoms with E-state index in [0.29, 0.717) is 5.69 Å². The summed E-state index contributed by atoms with van der Waals surface area (Å²) in [5.74, 6) is 0.358. The van der Waals surface area contributed by atoms with Gasteiger partial charge < -0.3 is 11.1 Å². The highest BCUT2D eigenvalue weighted by molar-refractivity contribution is 5.91. The van der Waals surface area contributed by atoms with Gasteiger partial charge in [0.25, 0.3) is 5.91 Å². The van der Waals surface area contributed by atoms with E-state index in [4.69, 9.17) is 5.73 Å². The summed E-state index contributed by atoms with van der Waals surface area (Å²) in [6, 6.07) is 10.3. The summed E-state index contributed by atoms with van der Waals surface area (Å²) < 4.78 is 1.86. The molecule has 2 aromatic rings. The van der Waals surface area contributed by atoms with Crippen molar-refractivity contribution in [2.45, 2.75) is 19.4 Å². The maximum Gasteiger partial charge on any atom is 0.269 e. The molecule has 1 aromatic heterocycles. The van der Waals surface area contributed by atoms with Crippen molar-refractivity contribution in [3.05, 3.63) is 47.2 Å². The van der Waals surface area contributed by atoms with E-state index in [1.54, 1.807) is 6.07 Å². The van der Waals surface area contributed by atoms with Gasteiger partial charge in [-0.15, -0.1) is 0 Å². The number of primary amides is 1. The molecule has 1 amide bonds. The SMILES string of the molecule is Cc1ccc(C2CCNc3cc(C(N)=O)nn32)cc1. The van der Waals surface area contributed by atoms with Crippen LogP contribution in [0.5, 0.6) is 0 Å². The Kier molecular flexibility index (Phi) is 2.74. The molecule has 98 valence electrons. The lowest BCUT2D eigenvalue weighted by Crippen LogP contribution is -2.24. The van der Waals surface area contributed by atoms with E-state index in [2.05, 4.69) is 41.6 Å². The van der Waals surface area contributed by atoms with E-state index in [-0.39, 0.29) is 6.04 Å². The highest BCUT2D eigenvalue weighted by Gasteiger charge is 2.24. The van der Waals surface area contributed by atoms with Crippen molar-refractivity contribution >= 4 is 11.7 Å². The molecule has 1 aromatic carbocycles. The van der Waals surface area contributed by atoms with Gasteiger partial charge in [-0.1, -0.05) is 29.8 Å². The second-order valence-corrected chi connectivity index (χ2v) is 4.87. The zero-order chi connectivity index (χ0) is 13.4. The topological polar surface area (TPSA) is 72.9 Å². The lowest BCUT2D eigenvalue weighted by atomic mass is 10.0. The van der Waals surface area contributed by atoms with Gasteiger partial charge in [0.2, 0.25) is 0 Å². The second-order valence-electron chi connectivity index (χ2n) is 4.87. The smallest absolute Gasteiger partial charge is 0.269 e. The Labute approximate surface area is 111 Å².